The van der Waals surface area contributed by atoms with Gasteiger partial charge in [-0.15, -0.1) is 0 Å². The van der Waals surface area contributed by atoms with Crippen LogP contribution in [0.3, 0.4) is 0 Å². The molecule has 0 bridgehead atoms. The van der Waals surface area contributed by atoms with Crippen LogP contribution in [0.5, 0.6) is 0 Å². The quantitative estimate of drug-likeness (QED) is 0.912. The van der Waals surface area contributed by atoms with Crippen molar-refractivity contribution in [2.24, 2.45) is 11.7 Å². The van der Waals surface area contributed by atoms with Crippen molar-refractivity contribution >= 4 is 29.1 Å². The second kappa shape index (κ2) is 6.12. The molecule has 2 atom stereocenters. The van der Waals surface area contributed by atoms with E-state index in [-0.39, 0.29) is 11.9 Å². The van der Waals surface area contributed by atoms with Crippen LogP contribution in [0.1, 0.15) is 30.1 Å². The summed E-state index contributed by atoms with van der Waals surface area (Å²) in [6, 6.07) is 5.10. The largest absolute Gasteiger partial charge is 0.334 e. The molecule has 1 saturated heterocycles. The van der Waals surface area contributed by atoms with Crippen LogP contribution < -0.4 is 5.73 Å². The lowest BCUT2D eigenvalue weighted by Crippen LogP contribution is -2.51. The number of carbonyl (C=O) groups excluding carboxylic acids is 1. The van der Waals surface area contributed by atoms with Gasteiger partial charge >= 0.3 is 0 Å². The molecule has 5 heteroatoms. The molecule has 2 unspecified atom stereocenters. The maximum Gasteiger partial charge on any atom is 0.254 e. The predicted molar refractivity (Wildman–Crippen MR) is 78.7 cm³/mol. The summed E-state index contributed by atoms with van der Waals surface area (Å²) in [5.74, 6) is 0.422. The fourth-order valence-electron chi connectivity index (χ4n) is 2.66. The van der Waals surface area contributed by atoms with E-state index in [0.29, 0.717) is 28.1 Å². The van der Waals surface area contributed by atoms with Gasteiger partial charge in [-0.3, -0.25) is 4.79 Å². The Hall–Kier alpha value is -0.770. The summed E-state index contributed by atoms with van der Waals surface area (Å²) in [5, 5.41) is 0.863. The third kappa shape index (κ3) is 3.04. The van der Waals surface area contributed by atoms with Crippen LogP contribution >= 0.6 is 23.2 Å². The minimum Gasteiger partial charge on any atom is -0.334 e. The number of benzene rings is 1. The van der Waals surface area contributed by atoms with E-state index in [0.717, 1.165) is 19.4 Å². The van der Waals surface area contributed by atoms with E-state index >= 15 is 0 Å². The third-order valence-corrected chi connectivity index (χ3v) is 4.52. The first-order chi connectivity index (χ1) is 9.04. The molecule has 1 aliphatic heterocycles. The maximum atomic E-state index is 12.5. The van der Waals surface area contributed by atoms with Crippen molar-refractivity contribution in [3.63, 3.8) is 0 Å². The lowest BCUT2D eigenvalue weighted by Gasteiger charge is -2.39. The number of hydrogen-bond acceptors (Lipinski definition) is 2. The van der Waals surface area contributed by atoms with Crippen LogP contribution in [0.15, 0.2) is 18.2 Å². The molecule has 1 amide bonds. The Morgan fingerprint density at radius 3 is 2.79 bits per heavy atom. The van der Waals surface area contributed by atoms with Crippen LogP contribution in [-0.2, 0) is 0 Å². The van der Waals surface area contributed by atoms with Crippen molar-refractivity contribution in [3.05, 3.63) is 33.8 Å². The van der Waals surface area contributed by atoms with Gasteiger partial charge in [-0.1, -0.05) is 30.1 Å². The molecule has 19 heavy (non-hydrogen) atoms. The molecular weight excluding hydrogens is 283 g/mol. The average molecular weight is 301 g/mol. The molecule has 0 saturated carbocycles. The van der Waals surface area contributed by atoms with Crippen LogP contribution in [-0.4, -0.2) is 29.9 Å². The highest BCUT2D eigenvalue weighted by Crippen LogP contribution is 2.27. The third-order valence-electron chi connectivity index (χ3n) is 3.78. The van der Waals surface area contributed by atoms with Gasteiger partial charge in [-0.2, -0.15) is 0 Å². The van der Waals surface area contributed by atoms with Crippen molar-refractivity contribution in [1.82, 2.24) is 4.90 Å². The molecule has 0 aromatic heterocycles. The lowest BCUT2D eigenvalue weighted by molar-refractivity contribution is 0.0532. The second-order valence-electron chi connectivity index (χ2n) is 5.05. The van der Waals surface area contributed by atoms with Crippen LogP contribution in [0, 0.1) is 5.92 Å². The summed E-state index contributed by atoms with van der Waals surface area (Å²) in [7, 11) is 0. The van der Waals surface area contributed by atoms with Gasteiger partial charge in [0, 0.05) is 24.7 Å². The summed E-state index contributed by atoms with van der Waals surface area (Å²) in [6.45, 7) is 3.39. The zero-order valence-electron chi connectivity index (χ0n) is 10.9. The van der Waals surface area contributed by atoms with Gasteiger partial charge in [0.15, 0.2) is 0 Å². The number of piperidine rings is 1. The van der Waals surface area contributed by atoms with Crippen LogP contribution in [0.2, 0.25) is 10.0 Å². The van der Waals surface area contributed by atoms with E-state index in [4.69, 9.17) is 28.9 Å². The first-order valence-electron chi connectivity index (χ1n) is 6.50. The molecule has 0 aliphatic carbocycles. The van der Waals surface area contributed by atoms with E-state index in [9.17, 15) is 4.79 Å². The topological polar surface area (TPSA) is 46.3 Å². The summed E-state index contributed by atoms with van der Waals surface area (Å²) in [6.07, 6.45) is 2.14. The van der Waals surface area contributed by atoms with Gasteiger partial charge in [0.05, 0.1) is 10.0 Å². The SMILES string of the molecule is CC1CCCN(C(=O)c2ccc(Cl)c(Cl)c2)C1CN. The number of rotatable bonds is 2. The number of nitrogens with zero attached hydrogens (tertiary/aromatic N) is 1. The van der Waals surface area contributed by atoms with Crippen molar-refractivity contribution in [1.29, 1.82) is 0 Å². The first kappa shape index (κ1) is 14.6. The standard InChI is InChI=1S/C14H18Cl2N2O/c1-9-3-2-6-18(13(9)8-17)14(19)10-4-5-11(15)12(16)7-10/h4-5,7,9,13H,2-3,6,8,17H2,1H3. The Morgan fingerprint density at radius 1 is 1.42 bits per heavy atom. The van der Waals surface area contributed by atoms with Crippen LogP contribution in [0.4, 0.5) is 0 Å². The monoisotopic (exact) mass is 300 g/mol. The highest BCUT2D eigenvalue weighted by Gasteiger charge is 2.31. The van der Waals surface area contributed by atoms with Gasteiger partial charge in [-0.05, 0) is 37.0 Å². The normalized spacial score (nSPS) is 23.5. The van der Waals surface area contributed by atoms with Crippen molar-refractivity contribution in [2.75, 3.05) is 13.1 Å². The molecule has 1 aromatic rings. The Balaban J connectivity index is 2.24. The van der Waals surface area contributed by atoms with Crippen molar-refractivity contribution in [2.45, 2.75) is 25.8 Å². The van der Waals surface area contributed by atoms with Gasteiger partial charge in [-0.25, -0.2) is 0 Å². The molecule has 3 nitrogen and oxygen atoms in total. The van der Waals surface area contributed by atoms with Gasteiger partial charge in [0.2, 0.25) is 0 Å². The van der Waals surface area contributed by atoms with Gasteiger partial charge in [0.25, 0.3) is 5.91 Å². The fourth-order valence-corrected chi connectivity index (χ4v) is 2.95. The van der Waals surface area contributed by atoms with Crippen molar-refractivity contribution in [3.8, 4) is 0 Å². The van der Waals surface area contributed by atoms with Gasteiger partial charge < -0.3 is 10.6 Å². The molecule has 1 aromatic carbocycles. The Labute approximate surface area is 123 Å². The Bertz CT molecular complexity index is 479. The zero-order chi connectivity index (χ0) is 14.0. The average Bonchev–Trinajstić information content (AvgIpc) is 2.40. The molecule has 0 spiro atoms. The van der Waals surface area contributed by atoms with Crippen LogP contribution in [0.25, 0.3) is 0 Å². The van der Waals surface area contributed by atoms with E-state index < -0.39 is 0 Å². The summed E-state index contributed by atoms with van der Waals surface area (Å²) < 4.78 is 0. The predicted octanol–water partition coefficient (Wildman–Crippen LogP) is 3.19. The molecule has 0 radical (unpaired) electrons. The number of likely N-dealkylation sites (tertiary alicyclic amines) is 1. The fraction of sp³-hybridized carbons (Fsp3) is 0.500. The smallest absolute Gasteiger partial charge is 0.254 e. The second-order valence-corrected chi connectivity index (χ2v) is 5.86. The van der Waals surface area contributed by atoms with E-state index in [1.165, 1.54) is 0 Å². The number of carbonyl (C=O) groups is 1. The number of nitrogens with two attached hydrogens (primary N) is 1. The zero-order valence-corrected chi connectivity index (χ0v) is 12.4. The molecule has 1 aliphatic rings. The summed E-state index contributed by atoms with van der Waals surface area (Å²) in [5.41, 5.74) is 6.38. The number of amides is 1. The van der Waals surface area contributed by atoms with E-state index in [1.807, 2.05) is 4.90 Å². The summed E-state index contributed by atoms with van der Waals surface area (Å²) >= 11 is 11.8. The Morgan fingerprint density at radius 2 is 2.16 bits per heavy atom. The molecule has 2 N–H and O–H groups in total. The first-order valence-corrected chi connectivity index (χ1v) is 7.26. The minimum absolute atomic E-state index is 0.0134. The highest BCUT2D eigenvalue weighted by molar-refractivity contribution is 6.42. The summed E-state index contributed by atoms with van der Waals surface area (Å²) in [4.78, 5) is 14.4. The van der Waals surface area contributed by atoms with E-state index in [2.05, 4.69) is 6.92 Å². The number of halogens is 2. The molecule has 2 rings (SSSR count). The molecule has 104 valence electrons. The van der Waals surface area contributed by atoms with Crippen molar-refractivity contribution < 1.29 is 4.79 Å². The minimum atomic E-state index is -0.0134. The maximum absolute atomic E-state index is 12.5. The number of hydrogen-bond donors (Lipinski definition) is 1. The Kier molecular flexibility index (Phi) is 4.71. The molecule has 1 heterocycles. The highest BCUT2D eigenvalue weighted by atomic mass is 35.5. The lowest BCUT2D eigenvalue weighted by atomic mass is 9.90. The molecular formula is C14H18Cl2N2O. The van der Waals surface area contributed by atoms with E-state index in [1.54, 1.807) is 18.2 Å². The van der Waals surface area contributed by atoms with Gasteiger partial charge in [0.1, 0.15) is 0 Å². The molecule has 1 fully saturated rings.